The van der Waals surface area contributed by atoms with Crippen LogP contribution in [0.15, 0.2) is 58.3 Å². The summed E-state index contributed by atoms with van der Waals surface area (Å²) in [5, 5.41) is 19.4. The second-order valence-corrected chi connectivity index (χ2v) is 12.5. The van der Waals surface area contributed by atoms with Gasteiger partial charge in [-0.25, -0.2) is 8.42 Å². The molecular weight excluding hydrogens is 571 g/mol. The number of hydrogen-bond acceptors (Lipinski definition) is 8. The van der Waals surface area contributed by atoms with Crippen molar-refractivity contribution in [1.29, 1.82) is 0 Å². The molecule has 2 fully saturated rings. The van der Waals surface area contributed by atoms with Gasteiger partial charge in [0.25, 0.3) is 0 Å². The van der Waals surface area contributed by atoms with Crippen molar-refractivity contribution >= 4 is 34.3 Å². The van der Waals surface area contributed by atoms with Crippen molar-refractivity contribution in [2.75, 3.05) is 50.8 Å². The largest absolute Gasteiger partial charge is 0.481 e. The van der Waals surface area contributed by atoms with Crippen LogP contribution >= 0.6 is 12.6 Å². The number of anilines is 1. The van der Waals surface area contributed by atoms with Crippen LogP contribution in [0, 0.1) is 0 Å². The number of benzene rings is 2. The Morgan fingerprint density at radius 2 is 1.75 bits per heavy atom. The van der Waals surface area contributed by atoms with E-state index in [9.17, 15) is 36.6 Å². The van der Waals surface area contributed by atoms with Crippen molar-refractivity contribution in [2.45, 2.75) is 47.0 Å². The van der Waals surface area contributed by atoms with Gasteiger partial charge in [-0.2, -0.15) is 17.5 Å². The maximum Gasteiger partial charge on any atom is 0.421 e. The van der Waals surface area contributed by atoms with Crippen LogP contribution in [0.4, 0.5) is 18.9 Å². The van der Waals surface area contributed by atoms with Crippen molar-refractivity contribution in [1.82, 2.24) is 9.21 Å². The van der Waals surface area contributed by atoms with Crippen LogP contribution in [0.1, 0.15) is 18.9 Å². The smallest absolute Gasteiger partial charge is 0.421 e. The zero-order valence-electron chi connectivity index (χ0n) is 21.8. The molecule has 0 radical (unpaired) electrons. The fourth-order valence-corrected chi connectivity index (χ4v) is 7.14. The predicted molar refractivity (Wildman–Crippen MR) is 144 cm³/mol. The molecule has 4 rings (SSSR count). The SMILES string of the molecule is CC(O)(c1ccc(N2CCN(S(=O)(=O)c3ccccc3S)C[C@@H]2CN2CCOCC2CC(=O)O)cc1)C(F)(F)F. The van der Waals surface area contributed by atoms with Gasteiger partial charge in [-0.15, -0.1) is 12.6 Å². The highest BCUT2D eigenvalue weighted by Gasteiger charge is 2.51. The molecule has 2 heterocycles. The second-order valence-electron chi connectivity index (χ2n) is 10.1. The average Bonchev–Trinajstić information content (AvgIpc) is 2.89. The first-order chi connectivity index (χ1) is 18.7. The number of rotatable bonds is 8. The third kappa shape index (κ3) is 6.42. The quantitative estimate of drug-likeness (QED) is 0.396. The van der Waals surface area contributed by atoms with E-state index in [1.54, 1.807) is 18.2 Å². The number of sulfonamides is 1. The summed E-state index contributed by atoms with van der Waals surface area (Å²) in [6.07, 6.45) is -5.02. The normalized spacial score (nSPS) is 23.1. The molecule has 2 aliphatic heterocycles. The number of carboxylic acid groups (broad SMARTS) is 1. The molecule has 14 heteroatoms. The summed E-state index contributed by atoms with van der Waals surface area (Å²) in [5.41, 5.74) is -2.79. The van der Waals surface area contributed by atoms with Crippen molar-refractivity contribution in [3.05, 3.63) is 54.1 Å². The summed E-state index contributed by atoms with van der Waals surface area (Å²) in [6, 6.07) is 10.9. The Labute approximate surface area is 236 Å². The number of thiol groups is 1. The Bertz CT molecular complexity index is 1310. The Kier molecular flexibility index (Phi) is 9.07. The van der Waals surface area contributed by atoms with Crippen LogP contribution in [0.3, 0.4) is 0 Å². The molecule has 2 unspecified atom stereocenters. The Morgan fingerprint density at radius 3 is 2.38 bits per heavy atom. The monoisotopic (exact) mass is 603 g/mol. The van der Waals surface area contributed by atoms with E-state index in [2.05, 4.69) is 12.6 Å². The molecule has 220 valence electrons. The molecule has 3 atom stereocenters. The van der Waals surface area contributed by atoms with Gasteiger partial charge in [0.15, 0.2) is 5.60 Å². The molecule has 0 spiro atoms. The second kappa shape index (κ2) is 11.9. The molecule has 0 saturated carbocycles. The summed E-state index contributed by atoms with van der Waals surface area (Å²) in [6.45, 7) is 2.46. The lowest BCUT2D eigenvalue weighted by Gasteiger charge is -2.46. The number of aliphatic carboxylic acids is 1. The standard InChI is InChI=1S/C26H32F3N3O6S2/c1-25(35,26(27,28)29)18-6-8-19(9-7-18)32-11-10-31(40(36,37)23-5-3-2-4-22(23)39)16-21(32)15-30-12-13-38-17-20(30)14-24(33)34/h2-9,20-21,35,39H,10-17H2,1H3,(H,33,34)/t20?,21-,25?/m0/s1. The van der Waals surface area contributed by atoms with E-state index in [0.717, 1.165) is 0 Å². The summed E-state index contributed by atoms with van der Waals surface area (Å²) in [4.78, 5) is 15.7. The summed E-state index contributed by atoms with van der Waals surface area (Å²) >= 11 is 4.32. The van der Waals surface area contributed by atoms with Gasteiger partial charge in [0.2, 0.25) is 10.0 Å². The van der Waals surface area contributed by atoms with Crippen LogP contribution in [0.5, 0.6) is 0 Å². The lowest BCUT2D eigenvalue weighted by atomic mass is 9.95. The molecule has 0 amide bonds. The van der Waals surface area contributed by atoms with E-state index in [1.807, 2.05) is 9.80 Å². The van der Waals surface area contributed by atoms with E-state index >= 15 is 0 Å². The first-order valence-electron chi connectivity index (χ1n) is 12.7. The van der Waals surface area contributed by atoms with E-state index in [-0.39, 0.29) is 43.1 Å². The van der Waals surface area contributed by atoms with E-state index < -0.39 is 39.9 Å². The highest BCUT2D eigenvalue weighted by atomic mass is 32.2. The van der Waals surface area contributed by atoms with Crippen LogP contribution < -0.4 is 4.90 Å². The number of morpholine rings is 1. The van der Waals surface area contributed by atoms with Crippen LogP contribution in [-0.4, -0.2) is 98.0 Å². The number of hydrogen-bond donors (Lipinski definition) is 3. The molecule has 2 saturated heterocycles. The van der Waals surface area contributed by atoms with Gasteiger partial charge in [0, 0.05) is 49.3 Å². The number of carbonyl (C=O) groups is 1. The van der Waals surface area contributed by atoms with Gasteiger partial charge in [-0.05, 0) is 36.8 Å². The zero-order valence-corrected chi connectivity index (χ0v) is 23.5. The first kappa shape index (κ1) is 30.6. The van der Waals surface area contributed by atoms with E-state index in [1.165, 1.54) is 34.6 Å². The van der Waals surface area contributed by atoms with Crippen molar-refractivity contribution in [2.24, 2.45) is 0 Å². The molecule has 9 nitrogen and oxygen atoms in total. The lowest BCUT2D eigenvalue weighted by Crippen LogP contribution is -2.60. The van der Waals surface area contributed by atoms with E-state index in [0.29, 0.717) is 37.2 Å². The molecule has 2 aliphatic rings. The Morgan fingerprint density at radius 1 is 1.07 bits per heavy atom. The van der Waals surface area contributed by atoms with Crippen molar-refractivity contribution in [3.63, 3.8) is 0 Å². The van der Waals surface area contributed by atoms with Crippen LogP contribution in [0.2, 0.25) is 0 Å². The lowest BCUT2D eigenvalue weighted by molar-refractivity contribution is -0.258. The third-order valence-corrected chi connectivity index (χ3v) is 9.91. The third-order valence-electron chi connectivity index (χ3n) is 7.45. The number of nitrogens with zero attached hydrogens (tertiary/aromatic N) is 3. The number of carboxylic acids is 1. The van der Waals surface area contributed by atoms with Crippen molar-refractivity contribution in [3.8, 4) is 0 Å². The van der Waals surface area contributed by atoms with Crippen LogP contribution in [0.25, 0.3) is 0 Å². The molecule has 40 heavy (non-hydrogen) atoms. The molecule has 2 aromatic rings. The molecule has 2 N–H and O–H groups in total. The van der Waals surface area contributed by atoms with Gasteiger partial charge in [-0.1, -0.05) is 24.3 Å². The molecule has 0 aliphatic carbocycles. The van der Waals surface area contributed by atoms with Gasteiger partial charge in [0.1, 0.15) is 0 Å². The minimum atomic E-state index is -4.87. The van der Waals surface area contributed by atoms with E-state index in [4.69, 9.17) is 4.74 Å². The molecule has 2 aromatic carbocycles. The minimum Gasteiger partial charge on any atom is -0.481 e. The number of ether oxygens (including phenoxy) is 1. The maximum atomic E-state index is 13.6. The molecule has 0 aromatic heterocycles. The van der Waals surface area contributed by atoms with Gasteiger partial charge < -0.3 is 19.8 Å². The Hall–Kier alpha value is -2.36. The number of halogens is 3. The van der Waals surface area contributed by atoms with Crippen molar-refractivity contribution < 1.29 is 41.3 Å². The fourth-order valence-electron chi connectivity index (χ4n) is 5.09. The number of piperazine rings is 1. The highest BCUT2D eigenvalue weighted by molar-refractivity contribution is 7.90. The van der Waals surface area contributed by atoms with Gasteiger partial charge >= 0.3 is 12.1 Å². The number of alkyl halides is 3. The summed E-state index contributed by atoms with van der Waals surface area (Å²) in [5.74, 6) is -0.983. The van der Waals surface area contributed by atoms with Crippen LogP contribution in [-0.2, 0) is 25.2 Å². The highest BCUT2D eigenvalue weighted by Crippen LogP contribution is 2.39. The van der Waals surface area contributed by atoms with Gasteiger partial charge in [0.05, 0.1) is 30.6 Å². The number of aliphatic hydroxyl groups is 1. The summed E-state index contributed by atoms with van der Waals surface area (Å²) < 4.78 is 74.0. The zero-order chi connectivity index (χ0) is 29.3. The average molecular weight is 604 g/mol. The Balaban J connectivity index is 1.64. The fraction of sp³-hybridized carbons (Fsp3) is 0.500. The molecular formula is C26H32F3N3O6S2. The topological polar surface area (TPSA) is 111 Å². The van der Waals surface area contributed by atoms with Gasteiger partial charge in [-0.3, -0.25) is 9.69 Å². The maximum absolute atomic E-state index is 13.6. The predicted octanol–water partition coefficient (Wildman–Crippen LogP) is 2.80. The first-order valence-corrected chi connectivity index (χ1v) is 14.6. The minimum absolute atomic E-state index is 0.0591. The molecule has 0 bridgehead atoms. The summed E-state index contributed by atoms with van der Waals surface area (Å²) in [7, 11) is -3.91.